The van der Waals surface area contributed by atoms with Crippen LogP contribution in [0.4, 0.5) is 0 Å². The SMILES string of the molecule is CCCCCCCCCCCCCC(=O)OCC(O)COP(=O)(O)O.CCO. The van der Waals surface area contributed by atoms with Crippen molar-refractivity contribution in [3.8, 4) is 0 Å². The number of esters is 1. The minimum absolute atomic E-state index is 0.250. The third-order valence-corrected chi connectivity index (χ3v) is 4.34. The van der Waals surface area contributed by atoms with Gasteiger partial charge in [0.05, 0.1) is 6.61 Å². The van der Waals surface area contributed by atoms with Crippen LogP contribution in [-0.4, -0.2) is 51.9 Å². The third-order valence-electron chi connectivity index (χ3n) is 3.86. The highest BCUT2D eigenvalue weighted by atomic mass is 31.2. The third kappa shape index (κ3) is 27.7. The molecule has 0 rings (SSSR count). The van der Waals surface area contributed by atoms with Crippen molar-refractivity contribution in [2.24, 2.45) is 0 Å². The molecule has 0 spiro atoms. The average molecular weight is 429 g/mol. The fraction of sp³-hybridized carbons (Fsp3) is 0.947. The van der Waals surface area contributed by atoms with Gasteiger partial charge in [0.25, 0.3) is 0 Å². The molecule has 170 valence electrons. The highest BCUT2D eigenvalue weighted by Gasteiger charge is 2.17. The smallest absolute Gasteiger partial charge is 0.463 e. The van der Waals surface area contributed by atoms with E-state index >= 15 is 0 Å². The molecule has 0 bridgehead atoms. The monoisotopic (exact) mass is 428 g/mol. The van der Waals surface area contributed by atoms with Gasteiger partial charge in [-0.15, -0.1) is 0 Å². The number of carbonyl (C=O) groups is 1. The second-order valence-electron chi connectivity index (χ2n) is 6.72. The van der Waals surface area contributed by atoms with Gasteiger partial charge < -0.3 is 24.7 Å². The predicted molar refractivity (Wildman–Crippen MR) is 109 cm³/mol. The van der Waals surface area contributed by atoms with Crippen molar-refractivity contribution < 1.29 is 38.6 Å². The zero-order valence-electron chi connectivity index (χ0n) is 17.6. The quantitative estimate of drug-likeness (QED) is 0.157. The summed E-state index contributed by atoms with van der Waals surface area (Å²) in [7, 11) is -4.61. The number of hydrogen-bond acceptors (Lipinski definition) is 6. The Morgan fingerprint density at radius 3 is 1.71 bits per heavy atom. The van der Waals surface area contributed by atoms with Crippen LogP contribution < -0.4 is 0 Å². The van der Waals surface area contributed by atoms with Crippen molar-refractivity contribution in [3.05, 3.63) is 0 Å². The molecule has 0 fully saturated rings. The highest BCUT2D eigenvalue weighted by Crippen LogP contribution is 2.35. The number of phosphoric acid groups is 1. The van der Waals surface area contributed by atoms with E-state index in [0.29, 0.717) is 6.42 Å². The molecule has 0 saturated carbocycles. The maximum Gasteiger partial charge on any atom is 0.469 e. The summed E-state index contributed by atoms with van der Waals surface area (Å²) in [5.41, 5.74) is 0. The molecule has 0 amide bonds. The number of ether oxygens (including phenoxy) is 1. The minimum Gasteiger partial charge on any atom is -0.463 e. The van der Waals surface area contributed by atoms with E-state index in [1.807, 2.05) is 0 Å². The van der Waals surface area contributed by atoms with Crippen LogP contribution in [0.5, 0.6) is 0 Å². The Bertz CT molecular complexity index is 386. The molecule has 0 radical (unpaired) electrons. The van der Waals surface area contributed by atoms with Crippen molar-refractivity contribution >= 4 is 13.8 Å². The normalized spacial score (nSPS) is 12.2. The number of unbranched alkanes of at least 4 members (excludes halogenated alkanes) is 10. The molecular formula is C19H41O8P. The molecule has 0 aliphatic carbocycles. The lowest BCUT2D eigenvalue weighted by Crippen LogP contribution is -2.23. The number of rotatable bonds is 17. The maximum absolute atomic E-state index is 11.5. The van der Waals surface area contributed by atoms with Crippen LogP contribution in [0.15, 0.2) is 0 Å². The molecule has 1 atom stereocenters. The summed E-state index contributed by atoms with van der Waals surface area (Å²) in [5, 5.41) is 16.9. The summed E-state index contributed by atoms with van der Waals surface area (Å²) in [5.74, 6) is -0.411. The molecule has 0 saturated heterocycles. The highest BCUT2D eigenvalue weighted by molar-refractivity contribution is 7.46. The molecule has 4 N–H and O–H groups in total. The molecule has 1 unspecified atom stereocenters. The van der Waals surface area contributed by atoms with Crippen LogP contribution in [0, 0.1) is 0 Å². The first-order valence-corrected chi connectivity index (χ1v) is 11.9. The lowest BCUT2D eigenvalue weighted by Gasteiger charge is -2.12. The summed E-state index contributed by atoms with van der Waals surface area (Å²) in [6.45, 7) is 3.26. The largest absolute Gasteiger partial charge is 0.469 e. The van der Waals surface area contributed by atoms with Gasteiger partial charge in [-0.05, 0) is 13.3 Å². The van der Waals surface area contributed by atoms with Gasteiger partial charge >= 0.3 is 13.8 Å². The molecule has 9 heteroatoms. The van der Waals surface area contributed by atoms with Crippen LogP contribution in [-0.2, 0) is 18.6 Å². The molecule has 0 heterocycles. The van der Waals surface area contributed by atoms with Crippen molar-refractivity contribution in [2.75, 3.05) is 19.8 Å². The second kappa shape index (κ2) is 21.2. The molecular weight excluding hydrogens is 387 g/mol. The van der Waals surface area contributed by atoms with Crippen LogP contribution in [0.1, 0.15) is 90.9 Å². The van der Waals surface area contributed by atoms with Crippen molar-refractivity contribution in [3.63, 3.8) is 0 Å². The molecule has 0 aliphatic rings. The van der Waals surface area contributed by atoms with Gasteiger partial charge in [-0.3, -0.25) is 9.32 Å². The number of phosphoric ester groups is 1. The lowest BCUT2D eigenvalue weighted by molar-refractivity contribution is -0.147. The molecule has 28 heavy (non-hydrogen) atoms. The fourth-order valence-corrected chi connectivity index (χ4v) is 2.79. The van der Waals surface area contributed by atoms with Crippen molar-refractivity contribution in [1.29, 1.82) is 0 Å². The first-order valence-electron chi connectivity index (χ1n) is 10.4. The van der Waals surface area contributed by atoms with E-state index in [1.165, 1.54) is 51.4 Å². The van der Waals surface area contributed by atoms with E-state index in [-0.39, 0.29) is 13.2 Å². The van der Waals surface area contributed by atoms with Gasteiger partial charge in [-0.1, -0.05) is 71.1 Å². The number of aliphatic hydroxyl groups is 2. The summed E-state index contributed by atoms with van der Waals surface area (Å²) in [4.78, 5) is 28.4. The summed E-state index contributed by atoms with van der Waals surface area (Å²) < 4.78 is 19.4. The maximum atomic E-state index is 11.5. The summed E-state index contributed by atoms with van der Waals surface area (Å²) >= 11 is 0. The Labute approximate surface area is 169 Å². The lowest BCUT2D eigenvalue weighted by atomic mass is 10.1. The average Bonchev–Trinajstić information content (AvgIpc) is 2.63. The van der Waals surface area contributed by atoms with Gasteiger partial charge in [0.15, 0.2) is 0 Å². The number of aliphatic hydroxyl groups excluding tert-OH is 2. The molecule has 0 aliphatic heterocycles. The number of carbonyl (C=O) groups excluding carboxylic acids is 1. The Balaban J connectivity index is 0. The van der Waals surface area contributed by atoms with Crippen molar-refractivity contribution in [1.82, 2.24) is 0 Å². The molecule has 0 aromatic carbocycles. The van der Waals surface area contributed by atoms with Crippen molar-refractivity contribution in [2.45, 2.75) is 97.0 Å². The van der Waals surface area contributed by atoms with Gasteiger partial charge in [0.2, 0.25) is 0 Å². The first-order chi connectivity index (χ1) is 13.3. The zero-order valence-corrected chi connectivity index (χ0v) is 18.4. The van der Waals surface area contributed by atoms with E-state index in [4.69, 9.17) is 19.6 Å². The first kappa shape index (κ1) is 29.7. The van der Waals surface area contributed by atoms with Crippen LogP contribution in [0.25, 0.3) is 0 Å². The van der Waals surface area contributed by atoms with Gasteiger partial charge in [0.1, 0.15) is 12.7 Å². The van der Waals surface area contributed by atoms with Gasteiger partial charge in [0, 0.05) is 13.0 Å². The Kier molecular flexibility index (Phi) is 22.5. The van der Waals surface area contributed by atoms with Gasteiger partial charge in [-0.25, -0.2) is 4.57 Å². The van der Waals surface area contributed by atoms with Crippen LogP contribution in [0.2, 0.25) is 0 Å². The molecule has 0 aromatic heterocycles. The molecule has 8 nitrogen and oxygen atoms in total. The van der Waals surface area contributed by atoms with Gasteiger partial charge in [-0.2, -0.15) is 0 Å². The minimum atomic E-state index is -4.61. The van der Waals surface area contributed by atoms with E-state index < -0.39 is 26.5 Å². The Morgan fingerprint density at radius 2 is 1.29 bits per heavy atom. The standard InChI is InChI=1S/C17H35O7P.C2H6O/c1-2-3-4-5-6-7-8-9-10-11-12-13-17(19)23-14-16(18)15-24-25(20,21)22;1-2-3/h16,18H,2-15H2,1H3,(H2,20,21,22);3H,2H2,1H3. The topological polar surface area (TPSA) is 134 Å². The molecule has 0 aromatic rings. The summed E-state index contributed by atoms with van der Waals surface area (Å²) in [6, 6.07) is 0. The van der Waals surface area contributed by atoms with E-state index in [0.717, 1.165) is 19.3 Å². The van der Waals surface area contributed by atoms with E-state index in [2.05, 4.69) is 11.4 Å². The van der Waals surface area contributed by atoms with Crippen LogP contribution in [0.3, 0.4) is 0 Å². The van der Waals surface area contributed by atoms with E-state index in [1.54, 1.807) is 6.92 Å². The zero-order chi connectivity index (χ0) is 21.7. The van der Waals surface area contributed by atoms with Crippen LogP contribution >= 0.6 is 7.82 Å². The fourth-order valence-electron chi connectivity index (χ4n) is 2.43. The Hall–Kier alpha value is -0.500. The summed E-state index contributed by atoms with van der Waals surface area (Å²) in [6.07, 6.45) is 12.3. The predicted octanol–water partition coefficient (Wildman–Crippen LogP) is 3.70. The Morgan fingerprint density at radius 1 is 0.857 bits per heavy atom. The van der Waals surface area contributed by atoms with E-state index in [9.17, 15) is 14.5 Å². The number of hydrogen-bond donors (Lipinski definition) is 4. The second-order valence-corrected chi connectivity index (χ2v) is 7.96.